The number of hydrogen-bond acceptors (Lipinski definition) is 0. The van der Waals surface area contributed by atoms with Gasteiger partial charge in [-0.25, -0.2) is 0 Å². The minimum Gasteiger partial charge on any atom is -0.412 e. The van der Waals surface area contributed by atoms with E-state index in [4.69, 9.17) is 0 Å². The van der Waals surface area contributed by atoms with E-state index in [1.54, 1.807) is 12.2 Å². The number of benzene rings is 1. The lowest BCUT2D eigenvalue weighted by atomic mass is 10.2. The summed E-state index contributed by atoms with van der Waals surface area (Å²) in [5, 5.41) is 0. The third-order valence-corrected chi connectivity index (χ3v) is 1.20. The van der Waals surface area contributed by atoms with Gasteiger partial charge in [0, 0.05) is 17.4 Å². The van der Waals surface area contributed by atoms with Crippen molar-refractivity contribution >= 4 is 23.4 Å². The third kappa shape index (κ3) is 18.6. The van der Waals surface area contributed by atoms with Crippen LogP contribution in [0.1, 0.15) is 5.56 Å². The number of hydrogen-bond donors (Lipinski definition) is 0. The number of allylic oxidation sites excluding steroid dienone is 2. The summed E-state index contributed by atoms with van der Waals surface area (Å²) in [4.78, 5) is 0. The van der Waals surface area contributed by atoms with E-state index in [1.165, 1.54) is 5.56 Å². The molecule has 89 valence electrons. The first kappa shape index (κ1) is 29.4. The first-order valence-electron chi connectivity index (χ1n) is 3.76. The topological polar surface area (TPSA) is 94.5 Å². The maximum Gasteiger partial charge on any atom is 0 e. The highest BCUT2D eigenvalue weighted by molar-refractivity contribution is 5.75. The second-order valence-electron chi connectivity index (χ2n) is 2.09. The largest absolute Gasteiger partial charge is 0.412 e. The second kappa shape index (κ2) is 23.6. The molecular weight excluding hydrogens is 219 g/mol. The maximum atomic E-state index is 3.63. The Labute approximate surface area is 108 Å². The molecule has 1 aromatic rings. The molecule has 6 N–H and O–H groups in total. The summed E-state index contributed by atoms with van der Waals surface area (Å²) in [7, 11) is 0. The van der Waals surface area contributed by atoms with Crippen LogP contribution in [0.4, 0.5) is 0 Å². The summed E-state index contributed by atoms with van der Waals surface area (Å²) in [5.74, 6) is 0. The quantitative estimate of drug-likeness (QED) is 0.540. The van der Waals surface area contributed by atoms with E-state index in [0.29, 0.717) is 0 Å². The highest BCUT2D eigenvalue weighted by Crippen LogP contribution is 1.97. The second-order valence-corrected chi connectivity index (χ2v) is 2.09. The molecule has 0 aromatic heterocycles. The van der Waals surface area contributed by atoms with Gasteiger partial charge in [0.1, 0.15) is 0 Å². The van der Waals surface area contributed by atoms with E-state index in [9.17, 15) is 0 Å². The third-order valence-electron chi connectivity index (χ3n) is 1.20. The molecule has 0 aliphatic heterocycles. The molecular formula is C12H20AlO3. The fraction of sp³-hybridized carbons (Fsp3) is 0. The van der Waals surface area contributed by atoms with E-state index in [2.05, 4.69) is 19.7 Å². The SMILES string of the molecule is C=CC=C.C=Cc1ccccc1.O.O.O.[Al]. The van der Waals surface area contributed by atoms with Gasteiger partial charge in [-0.3, -0.25) is 0 Å². The van der Waals surface area contributed by atoms with Crippen LogP contribution < -0.4 is 0 Å². The maximum absolute atomic E-state index is 3.63. The van der Waals surface area contributed by atoms with Crippen LogP contribution >= 0.6 is 0 Å². The lowest BCUT2D eigenvalue weighted by Gasteiger charge is -1.85. The fourth-order valence-electron chi connectivity index (χ4n) is 0.589. The normalized spacial score (nSPS) is 5.50. The highest BCUT2D eigenvalue weighted by atomic mass is 27.0. The van der Waals surface area contributed by atoms with Crippen molar-refractivity contribution in [1.82, 2.24) is 0 Å². The summed E-state index contributed by atoms with van der Waals surface area (Å²) in [5.41, 5.74) is 1.17. The Hall–Kier alpha value is -1.15. The lowest BCUT2D eigenvalue weighted by molar-refractivity contribution is 0.823. The average Bonchev–Trinajstić information content (AvgIpc) is 2.19. The van der Waals surface area contributed by atoms with Gasteiger partial charge < -0.3 is 16.4 Å². The van der Waals surface area contributed by atoms with Crippen LogP contribution in [-0.4, -0.2) is 33.8 Å². The zero-order chi connectivity index (χ0) is 9.23. The zero-order valence-electron chi connectivity index (χ0n) is 9.32. The molecule has 0 saturated heterocycles. The van der Waals surface area contributed by atoms with E-state index in [1.807, 2.05) is 36.4 Å². The summed E-state index contributed by atoms with van der Waals surface area (Å²) in [6.45, 7) is 10.4. The van der Waals surface area contributed by atoms with Crippen molar-refractivity contribution in [3.63, 3.8) is 0 Å². The number of rotatable bonds is 2. The van der Waals surface area contributed by atoms with Crippen LogP contribution in [0.5, 0.6) is 0 Å². The van der Waals surface area contributed by atoms with Crippen molar-refractivity contribution in [2.45, 2.75) is 0 Å². The van der Waals surface area contributed by atoms with Crippen molar-refractivity contribution in [2.24, 2.45) is 0 Å². The van der Waals surface area contributed by atoms with Crippen molar-refractivity contribution in [3.8, 4) is 0 Å². The minimum absolute atomic E-state index is 0. The Morgan fingerprint density at radius 3 is 1.31 bits per heavy atom. The predicted octanol–water partition coefficient (Wildman–Crippen LogP) is 0.833. The summed E-state index contributed by atoms with van der Waals surface area (Å²) in [6, 6.07) is 10.0. The van der Waals surface area contributed by atoms with E-state index < -0.39 is 0 Å². The summed E-state index contributed by atoms with van der Waals surface area (Å²) in [6.07, 6.45) is 5.11. The van der Waals surface area contributed by atoms with Gasteiger partial charge in [-0.15, -0.1) is 0 Å². The fourth-order valence-corrected chi connectivity index (χ4v) is 0.589. The summed E-state index contributed by atoms with van der Waals surface area (Å²) >= 11 is 0. The van der Waals surface area contributed by atoms with Crippen LogP contribution in [0.2, 0.25) is 0 Å². The van der Waals surface area contributed by atoms with Gasteiger partial charge in [-0.1, -0.05) is 68.3 Å². The molecule has 4 heteroatoms. The van der Waals surface area contributed by atoms with E-state index in [0.717, 1.165) is 0 Å². The molecule has 3 radical (unpaired) electrons. The molecule has 0 aliphatic carbocycles. The summed E-state index contributed by atoms with van der Waals surface area (Å²) < 4.78 is 0. The minimum atomic E-state index is 0. The van der Waals surface area contributed by atoms with Crippen LogP contribution in [0.15, 0.2) is 62.2 Å². The Morgan fingerprint density at radius 2 is 1.12 bits per heavy atom. The molecule has 0 fully saturated rings. The Morgan fingerprint density at radius 1 is 0.750 bits per heavy atom. The zero-order valence-corrected chi connectivity index (χ0v) is 10.5. The standard InChI is InChI=1S/C8H8.C4H6.Al.3H2O/c1-2-8-6-4-3-5-7-8;1-3-4-2;;;;/h2-7H,1H2;3-4H,1-2H2;;3*1H2. The van der Waals surface area contributed by atoms with Gasteiger partial charge in [0.15, 0.2) is 0 Å². The lowest BCUT2D eigenvalue weighted by Crippen LogP contribution is -1.63. The molecule has 0 spiro atoms. The van der Waals surface area contributed by atoms with Gasteiger partial charge in [0.2, 0.25) is 0 Å². The Balaban J connectivity index is -0.0000000458. The van der Waals surface area contributed by atoms with Gasteiger partial charge in [0.25, 0.3) is 0 Å². The molecule has 0 amide bonds. The first-order chi connectivity index (χ1) is 5.85. The van der Waals surface area contributed by atoms with E-state index in [-0.39, 0.29) is 33.8 Å². The Bertz CT molecular complexity index is 242. The molecule has 1 aromatic carbocycles. The first-order valence-corrected chi connectivity index (χ1v) is 3.76. The van der Waals surface area contributed by atoms with Crippen LogP contribution in [-0.2, 0) is 0 Å². The van der Waals surface area contributed by atoms with Crippen LogP contribution in [0.25, 0.3) is 6.08 Å². The molecule has 0 saturated carbocycles. The van der Waals surface area contributed by atoms with Gasteiger partial charge >= 0.3 is 0 Å². The van der Waals surface area contributed by atoms with Gasteiger partial charge in [-0.2, -0.15) is 0 Å². The molecule has 0 unspecified atom stereocenters. The van der Waals surface area contributed by atoms with Gasteiger partial charge in [-0.05, 0) is 5.56 Å². The van der Waals surface area contributed by atoms with Crippen LogP contribution in [0.3, 0.4) is 0 Å². The van der Waals surface area contributed by atoms with Crippen molar-refractivity contribution in [1.29, 1.82) is 0 Å². The van der Waals surface area contributed by atoms with Crippen molar-refractivity contribution in [3.05, 3.63) is 67.8 Å². The van der Waals surface area contributed by atoms with Crippen molar-refractivity contribution in [2.75, 3.05) is 0 Å². The molecule has 3 nitrogen and oxygen atoms in total. The molecule has 0 atom stereocenters. The van der Waals surface area contributed by atoms with Crippen LogP contribution in [0, 0.1) is 0 Å². The molecule has 0 heterocycles. The monoisotopic (exact) mass is 239 g/mol. The average molecular weight is 239 g/mol. The molecule has 0 aliphatic rings. The van der Waals surface area contributed by atoms with E-state index >= 15 is 0 Å². The van der Waals surface area contributed by atoms with Gasteiger partial charge in [0.05, 0.1) is 0 Å². The Kier molecular flexibility index (Phi) is 43.3. The van der Waals surface area contributed by atoms with Crippen molar-refractivity contribution < 1.29 is 16.4 Å². The molecule has 16 heavy (non-hydrogen) atoms. The highest BCUT2D eigenvalue weighted by Gasteiger charge is 1.75. The molecule has 0 bridgehead atoms. The smallest absolute Gasteiger partial charge is 0 e. The predicted molar refractivity (Wildman–Crippen MR) is 73.5 cm³/mol. The molecule has 1 rings (SSSR count).